The number of aromatic nitrogens is 2. The molecule has 2 rings (SSSR count). The van der Waals surface area contributed by atoms with Crippen LogP contribution in [0, 0.1) is 5.92 Å². The number of amides is 2. The van der Waals surface area contributed by atoms with Gasteiger partial charge in [-0.1, -0.05) is 11.8 Å². The third-order valence-electron chi connectivity index (χ3n) is 3.78. The van der Waals surface area contributed by atoms with Gasteiger partial charge in [-0.05, 0) is 26.7 Å². The normalized spacial score (nSPS) is 20.3. The molecule has 1 aromatic heterocycles. The quantitative estimate of drug-likeness (QED) is 0.826. The number of rotatable bonds is 5. The van der Waals surface area contributed by atoms with E-state index in [4.69, 9.17) is 5.73 Å². The van der Waals surface area contributed by atoms with Gasteiger partial charge < -0.3 is 15.2 Å². The molecule has 0 saturated carbocycles. The lowest BCUT2D eigenvalue weighted by Crippen LogP contribution is -2.46. The second-order valence-corrected chi connectivity index (χ2v) is 6.59. The smallest absolute Gasteiger partial charge is 0.235 e. The lowest BCUT2D eigenvalue weighted by atomic mass is 9.97. The average molecular weight is 310 g/mol. The van der Waals surface area contributed by atoms with Crippen molar-refractivity contribution in [2.24, 2.45) is 11.7 Å². The molecular weight excluding hydrogens is 288 g/mol. The molecule has 0 aliphatic carbocycles. The minimum atomic E-state index is -0.311. The van der Waals surface area contributed by atoms with E-state index in [9.17, 15) is 9.59 Å². The molecule has 1 aromatic rings. The van der Waals surface area contributed by atoms with Gasteiger partial charge in [-0.3, -0.25) is 9.59 Å². The molecule has 2 atom stereocenters. The zero-order valence-corrected chi connectivity index (χ0v) is 13.3. The number of piperidine rings is 1. The first-order valence-corrected chi connectivity index (χ1v) is 8.16. The van der Waals surface area contributed by atoms with Crippen LogP contribution in [0.3, 0.4) is 0 Å². The minimum Gasteiger partial charge on any atom is -0.369 e. The molecule has 0 aromatic carbocycles. The van der Waals surface area contributed by atoms with Crippen molar-refractivity contribution >= 4 is 23.6 Å². The first-order chi connectivity index (χ1) is 10.0. The molecule has 1 fully saturated rings. The summed E-state index contributed by atoms with van der Waals surface area (Å²) >= 11 is 1.46. The summed E-state index contributed by atoms with van der Waals surface area (Å²) in [6, 6.07) is 0. The Bertz CT molecular complexity index is 517. The van der Waals surface area contributed by atoms with Crippen LogP contribution in [0.1, 0.15) is 26.7 Å². The fraction of sp³-hybridized carbons (Fsp3) is 0.643. The highest BCUT2D eigenvalue weighted by molar-refractivity contribution is 8.00. The molecule has 6 nitrogen and oxygen atoms in total. The van der Waals surface area contributed by atoms with Gasteiger partial charge in [0.15, 0.2) is 5.16 Å². The lowest BCUT2D eigenvalue weighted by molar-refractivity contribution is -0.134. The van der Waals surface area contributed by atoms with Crippen molar-refractivity contribution in [3.05, 3.63) is 12.4 Å². The van der Waals surface area contributed by atoms with Crippen LogP contribution in [0.5, 0.6) is 0 Å². The van der Waals surface area contributed by atoms with Crippen molar-refractivity contribution in [2.75, 3.05) is 13.1 Å². The van der Waals surface area contributed by atoms with E-state index < -0.39 is 0 Å². The van der Waals surface area contributed by atoms with E-state index in [0.29, 0.717) is 13.1 Å². The van der Waals surface area contributed by atoms with Crippen LogP contribution in [0.2, 0.25) is 0 Å². The van der Waals surface area contributed by atoms with Crippen molar-refractivity contribution in [1.82, 2.24) is 14.5 Å². The molecule has 0 bridgehead atoms. The maximum absolute atomic E-state index is 12.5. The highest BCUT2D eigenvalue weighted by Gasteiger charge is 2.30. The number of aryl methyl sites for hydroxylation is 1. The Morgan fingerprint density at radius 2 is 2.33 bits per heavy atom. The highest BCUT2D eigenvalue weighted by atomic mass is 32.2. The third kappa shape index (κ3) is 3.78. The second kappa shape index (κ2) is 6.98. The van der Waals surface area contributed by atoms with Gasteiger partial charge in [-0.25, -0.2) is 4.98 Å². The summed E-state index contributed by atoms with van der Waals surface area (Å²) in [7, 11) is 0. The number of likely N-dealkylation sites (tertiary alicyclic amines) is 1. The van der Waals surface area contributed by atoms with Gasteiger partial charge in [0.1, 0.15) is 0 Å². The van der Waals surface area contributed by atoms with Gasteiger partial charge in [0.25, 0.3) is 0 Å². The van der Waals surface area contributed by atoms with E-state index in [-0.39, 0.29) is 23.0 Å². The summed E-state index contributed by atoms with van der Waals surface area (Å²) in [5, 5.41) is 0.631. The standard InChI is InChI=1S/C14H22N4O2S/c1-3-17-8-6-16-14(17)21-10(2)13(20)18-7-4-5-11(9-18)12(15)19/h6,8,10-11H,3-5,7,9H2,1-2H3,(H2,15,19). The SMILES string of the molecule is CCn1ccnc1SC(C)C(=O)N1CCCC(C(N)=O)C1. The van der Waals surface area contributed by atoms with Gasteiger partial charge >= 0.3 is 0 Å². The van der Waals surface area contributed by atoms with Crippen LogP contribution in [0.15, 0.2) is 17.6 Å². The molecule has 1 saturated heterocycles. The second-order valence-electron chi connectivity index (χ2n) is 5.28. The number of imidazole rings is 1. The summed E-state index contributed by atoms with van der Waals surface area (Å²) in [5.74, 6) is -0.469. The van der Waals surface area contributed by atoms with Crippen molar-refractivity contribution in [3.63, 3.8) is 0 Å². The fourth-order valence-corrected chi connectivity index (χ4v) is 3.54. The number of nitrogens with two attached hydrogens (primary N) is 1. The zero-order valence-electron chi connectivity index (χ0n) is 12.5. The average Bonchev–Trinajstić information content (AvgIpc) is 2.93. The monoisotopic (exact) mass is 310 g/mol. The molecule has 2 unspecified atom stereocenters. The maximum Gasteiger partial charge on any atom is 0.235 e. The van der Waals surface area contributed by atoms with E-state index in [1.54, 1.807) is 11.1 Å². The predicted molar refractivity (Wildman–Crippen MR) is 81.7 cm³/mol. The van der Waals surface area contributed by atoms with Crippen molar-refractivity contribution in [1.29, 1.82) is 0 Å². The predicted octanol–water partition coefficient (Wildman–Crippen LogP) is 1.11. The summed E-state index contributed by atoms with van der Waals surface area (Å²) in [6.45, 7) is 5.91. The summed E-state index contributed by atoms with van der Waals surface area (Å²) in [5.41, 5.74) is 5.36. The number of thioether (sulfide) groups is 1. The van der Waals surface area contributed by atoms with Crippen LogP contribution in [-0.4, -0.2) is 44.6 Å². The first kappa shape index (κ1) is 15.9. The van der Waals surface area contributed by atoms with Crippen molar-refractivity contribution < 1.29 is 9.59 Å². The summed E-state index contributed by atoms with van der Waals surface area (Å²) in [4.78, 5) is 29.8. The van der Waals surface area contributed by atoms with E-state index >= 15 is 0 Å². The largest absolute Gasteiger partial charge is 0.369 e. The Labute approximate surface area is 129 Å². The summed E-state index contributed by atoms with van der Waals surface area (Å²) < 4.78 is 2.01. The van der Waals surface area contributed by atoms with Crippen molar-refractivity contribution in [2.45, 2.75) is 43.6 Å². The number of carbonyl (C=O) groups excluding carboxylic acids is 2. The van der Waals surface area contributed by atoms with E-state index in [1.165, 1.54) is 11.8 Å². The Hall–Kier alpha value is -1.50. The highest BCUT2D eigenvalue weighted by Crippen LogP contribution is 2.25. The Morgan fingerprint density at radius 3 is 3.00 bits per heavy atom. The number of primary amides is 1. The molecule has 2 heterocycles. The molecule has 7 heteroatoms. The topological polar surface area (TPSA) is 81.2 Å². The van der Waals surface area contributed by atoms with Crippen LogP contribution in [-0.2, 0) is 16.1 Å². The molecule has 0 radical (unpaired) electrons. The van der Waals surface area contributed by atoms with Crippen LogP contribution < -0.4 is 5.73 Å². The molecule has 21 heavy (non-hydrogen) atoms. The zero-order chi connectivity index (χ0) is 15.4. The van der Waals surface area contributed by atoms with Gasteiger partial charge in [-0.2, -0.15) is 0 Å². The molecule has 2 N–H and O–H groups in total. The number of hydrogen-bond donors (Lipinski definition) is 1. The van der Waals surface area contributed by atoms with Gasteiger partial charge in [0.05, 0.1) is 11.2 Å². The molecule has 116 valence electrons. The van der Waals surface area contributed by atoms with Gasteiger partial charge in [-0.15, -0.1) is 0 Å². The van der Waals surface area contributed by atoms with Crippen LogP contribution >= 0.6 is 11.8 Å². The van der Waals surface area contributed by atoms with Crippen molar-refractivity contribution in [3.8, 4) is 0 Å². The van der Waals surface area contributed by atoms with E-state index in [1.807, 2.05) is 24.6 Å². The minimum absolute atomic E-state index is 0.0524. The number of hydrogen-bond acceptors (Lipinski definition) is 4. The third-order valence-corrected chi connectivity index (χ3v) is 4.89. The molecule has 1 aliphatic heterocycles. The first-order valence-electron chi connectivity index (χ1n) is 7.28. The Kier molecular flexibility index (Phi) is 5.27. The van der Waals surface area contributed by atoms with E-state index in [0.717, 1.165) is 24.5 Å². The van der Waals surface area contributed by atoms with Crippen LogP contribution in [0.25, 0.3) is 0 Å². The van der Waals surface area contributed by atoms with Crippen LogP contribution in [0.4, 0.5) is 0 Å². The Balaban J connectivity index is 1.97. The lowest BCUT2D eigenvalue weighted by Gasteiger charge is -2.32. The Morgan fingerprint density at radius 1 is 1.57 bits per heavy atom. The molecule has 2 amide bonds. The molecule has 0 spiro atoms. The molecular formula is C14H22N4O2S. The van der Waals surface area contributed by atoms with Gasteiger partial charge in [0, 0.05) is 32.0 Å². The van der Waals surface area contributed by atoms with Gasteiger partial charge in [0.2, 0.25) is 11.8 Å². The molecule has 1 aliphatic rings. The van der Waals surface area contributed by atoms with E-state index in [2.05, 4.69) is 4.98 Å². The number of carbonyl (C=O) groups is 2. The fourth-order valence-electron chi connectivity index (χ4n) is 2.53. The summed E-state index contributed by atoms with van der Waals surface area (Å²) in [6.07, 6.45) is 5.26. The number of nitrogens with zero attached hydrogens (tertiary/aromatic N) is 3. The maximum atomic E-state index is 12.5.